The van der Waals surface area contributed by atoms with E-state index in [4.69, 9.17) is 17.3 Å². The molecule has 1 aromatic carbocycles. The minimum absolute atomic E-state index is 0.00424. The maximum Gasteiger partial charge on any atom is 0.416 e. The van der Waals surface area contributed by atoms with Crippen molar-refractivity contribution in [2.45, 2.75) is 13.1 Å². The van der Waals surface area contributed by atoms with Crippen LogP contribution in [0.4, 0.5) is 30.4 Å². The third-order valence-electron chi connectivity index (χ3n) is 2.59. The number of alkyl halides is 3. The van der Waals surface area contributed by atoms with Gasteiger partial charge in [-0.1, -0.05) is 11.6 Å². The van der Waals surface area contributed by atoms with E-state index >= 15 is 0 Å². The molecule has 0 unspecified atom stereocenters. The fourth-order valence-electron chi connectivity index (χ4n) is 1.69. The van der Waals surface area contributed by atoms with Gasteiger partial charge in [-0.3, -0.25) is 0 Å². The summed E-state index contributed by atoms with van der Waals surface area (Å²) in [6, 6.07) is 4.91. The van der Waals surface area contributed by atoms with E-state index in [0.717, 1.165) is 17.7 Å². The highest BCUT2D eigenvalue weighted by Crippen LogP contribution is 2.34. The zero-order chi connectivity index (χ0) is 14.9. The molecule has 0 amide bonds. The van der Waals surface area contributed by atoms with E-state index < -0.39 is 11.7 Å². The number of anilines is 3. The van der Waals surface area contributed by atoms with Crippen molar-refractivity contribution in [1.29, 1.82) is 0 Å². The van der Waals surface area contributed by atoms with E-state index in [0.29, 0.717) is 11.5 Å². The van der Waals surface area contributed by atoms with Crippen LogP contribution in [0.3, 0.4) is 0 Å². The van der Waals surface area contributed by atoms with E-state index in [1.807, 2.05) is 0 Å². The first-order valence-corrected chi connectivity index (χ1v) is 6.00. The lowest BCUT2D eigenvalue weighted by Crippen LogP contribution is -2.06. The van der Waals surface area contributed by atoms with Gasteiger partial charge in [-0.2, -0.15) is 13.2 Å². The minimum atomic E-state index is -4.45. The number of pyridine rings is 1. The molecule has 106 valence electrons. The lowest BCUT2D eigenvalue weighted by molar-refractivity contribution is -0.137. The lowest BCUT2D eigenvalue weighted by Gasteiger charge is -2.12. The van der Waals surface area contributed by atoms with Crippen LogP contribution in [0, 0.1) is 6.92 Å². The molecule has 3 nitrogen and oxygen atoms in total. The van der Waals surface area contributed by atoms with Crippen molar-refractivity contribution >= 4 is 28.8 Å². The molecule has 0 aliphatic heterocycles. The number of nitrogens with two attached hydrogens (primary N) is 1. The molecule has 0 atom stereocenters. The van der Waals surface area contributed by atoms with Gasteiger partial charge in [0.2, 0.25) is 0 Å². The third kappa shape index (κ3) is 3.33. The normalized spacial score (nSPS) is 11.4. The predicted molar refractivity (Wildman–Crippen MR) is 73.1 cm³/mol. The smallest absolute Gasteiger partial charge is 0.397 e. The second-order valence-electron chi connectivity index (χ2n) is 4.29. The molecule has 1 heterocycles. The zero-order valence-corrected chi connectivity index (χ0v) is 11.2. The summed E-state index contributed by atoms with van der Waals surface area (Å²) in [5.41, 5.74) is 6.16. The number of nitrogens with zero attached hydrogens (tertiary/aromatic N) is 1. The molecule has 0 radical (unpaired) electrons. The van der Waals surface area contributed by atoms with Crippen LogP contribution in [0.1, 0.15) is 11.1 Å². The molecular formula is C13H11ClF3N3. The number of aromatic nitrogens is 1. The van der Waals surface area contributed by atoms with Gasteiger partial charge in [-0.05, 0) is 36.8 Å². The lowest BCUT2D eigenvalue weighted by atomic mass is 10.2. The molecule has 0 aliphatic carbocycles. The zero-order valence-electron chi connectivity index (χ0n) is 10.4. The number of nitrogens with one attached hydrogen (secondary N) is 1. The van der Waals surface area contributed by atoms with Crippen LogP contribution in [-0.4, -0.2) is 4.98 Å². The Morgan fingerprint density at radius 3 is 2.50 bits per heavy atom. The fourth-order valence-corrected chi connectivity index (χ4v) is 1.92. The average molecular weight is 302 g/mol. The van der Waals surface area contributed by atoms with Gasteiger partial charge in [-0.15, -0.1) is 0 Å². The molecule has 2 aromatic rings. The van der Waals surface area contributed by atoms with Crippen LogP contribution < -0.4 is 11.1 Å². The van der Waals surface area contributed by atoms with Crippen molar-refractivity contribution in [2.75, 3.05) is 11.1 Å². The van der Waals surface area contributed by atoms with E-state index in [2.05, 4.69) is 10.3 Å². The molecule has 1 aromatic heterocycles. The van der Waals surface area contributed by atoms with E-state index in [-0.39, 0.29) is 10.7 Å². The summed E-state index contributed by atoms with van der Waals surface area (Å²) in [7, 11) is 0. The molecular weight excluding hydrogens is 291 g/mol. The van der Waals surface area contributed by atoms with Gasteiger partial charge in [0.05, 0.1) is 17.4 Å². The van der Waals surface area contributed by atoms with Crippen molar-refractivity contribution in [1.82, 2.24) is 4.98 Å². The van der Waals surface area contributed by atoms with Crippen molar-refractivity contribution in [2.24, 2.45) is 0 Å². The molecule has 0 fully saturated rings. The highest BCUT2D eigenvalue weighted by molar-refractivity contribution is 6.31. The van der Waals surface area contributed by atoms with Crippen molar-refractivity contribution < 1.29 is 13.2 Å². The Morgan fingerprint density at radius 1 is 1.20 bits per heavy atom. The van der Waals surface area contributed by atoms with Gasteiger partial charge in [0.25, 0.3) is 0 Å². The van der Waals surface area contributed by atoms with E-state index in [1.165, 1.54) is 12.3 Å². The Labute approximate surface area is 118 Å². The summed E-state index contributed by atoms with van der Waals surface area (Å²) < 4.78 is 38.1. The molecule has 20 heavy (non-hydrogen) atoms. The standard InChI is InChI=1S/C13H11ClF3N3/c1-7-2-10(18)6-19-12(7)20-11-4-8(13(15,16)17)3-9(14)5-11/h2-6H,18H2,1H3,(H,19,20). The highest BCUT2D eigenvalue weighted by Gasteiger charge is 2.31. The number of rotatable bonds is 2. The molecule has 0 aliphatic rings. The summed E-state index contributed by atoms with van der Waals surface area (Å²) in [6.45, 7) is 1.75. The van der Waals surface area contributed by atoms with Gasteiger partial charge < -0.3 is 11.1 Å². The van der Waals surface area contributed by atoms with Crippen molar-refractivity contribution in [3.63, 3.8) is 0 Å². The Bertz CT molecular complexity index is 641. The first-order chi connectivity index (χ1) is 9.25. The van der Waals surface area contributed by atoms with Gasteiger partial charge >= 0.3 is 6.18 Å². The van der Waals surface area contributed by atoms with Crippen molar-refractivity contribution in [3.8, 4) is 0 Å². The van der Waals surface area contributed by atoms with Crippen LogP contribution >= 0.6 is 11.6 Å². The summed E-state index contributed by atoms with van der Waals surface area (Å²) in [4.78, 5) is 4.03. The van der Waals surface area contributed by atoms with Gasteiger partial charge in [0.15, 0.2) is 0 Å². The Morgan fingerprint density at radius 2 is 1.90 bits per heavy atom. The van der Waals surface area contributed by atoms with Crippen LogP contribution in [0.2, 0.25) is 5.02 Å². The molecule has 0 bridgehead atoms. The summed E-state index contributed by atoms with van der Waals surface area (Å²) in [5, 5.41) is 2.80. The number of hydrogen-bond donors (Lipinski definition) is 2. The van der Waals surface area contributed by atoms with E-state index in [9.17, 15) is 13.2 Å². The van der Waals surface area contributed by atoms with Gasteiger partial charge in [0.1, 0.15) is 5.82 Å². The molecule has 0 spiro atoms. The first-order valence-electron chi connectivity index (χ1n) is 5.62. The summed E-state index contributed by atoms with van der Waals surface area (Å²) >= 11 is 5.71. The Hall–Kier alpha value is -1.95. The fraction of sp³-hybridized carbons (Fsp3) is 0.154. The SMILES string of the molecule is Cc1cc(N)cnc1Nc1cc(Cl)cc(C(F)(F)F)c1. The Kier molecular flexibility index (Phi) is 3.76. The van der Waals surface area contributed by atoms with Gasteiger partial charge in [0, 0.05) is 10.7 Å². The average Bonchev–Trinajstić information content (AvgIpc) is 2.31. The molecule has 2 rings (SSSR count). The van der Waals surface area contributed by atoms with Crippen LogP contribution in [0.5, 0.6) is 0 Å². The Balaban J connectivity index is 2.36. The molecule has 3 N–H and O–H groups in total. The number of nitrogen functional groups attached to an aromatic ring is 1. The van der Waals surface area contributed by atoms with E-state index in [1.54, 1.807) is 13.0 Å². The molecule has 0 saturated heterocycles. The molecule has 7 heteroatoms. The maximum atomic E-state index is 12.7. The van der Waals surface area contributed by atoms with Crippen LogP contribution in [-0.2, 0) is 6.18 Å². The number of aryl methyl sites for hydroxylation is 1. The second kappa shape index (κ2) is 5.20. The second-order valence-corrected chi connectivity index (χ2v) is 4.72. The summed E-state index contributed by atoms with van der Waals surface area (Å²) in [5.74, 6) is 0.426. The highest BCUT2D eigenvalue weighted by atomic mass is 35.5. The summed E-state index contributed by atoms with van der Waals surface area (Å²) in [6.07, 6.45) is -3.03. The first kappa shape index (κ1) is 14.5. The minimum Gasteiger partial charge on any atom is -0.397 e. The van der Waals surface area contributed by atoms with Crippen LogP contribution in [0.15, 0.2) is 30.5 Å². The number of benzene rings is 1. The third-order valence-corrected chi connectivity index (χ3v) is 2.81. The number of hydrogen-bond acceptors (Lipinski definition) is 3. The quantitative estimate of drug-likeness (QED) is 0.865. The molecule has 0 saturated carbocycles. The van der Waals surface area contributed by atoms with Crippen LogP contribution in [0.25, 0.3) is 0 Å². The predicted octanol–water partition coefficient (Wildman–Crippen LogP) is 4.39. The topological polar surface area (TPSA) is 50.9 Å². The van der Waals surface area contributed by atoms with Gasteiger partial charge in [-0.25, -0.2) is 4.98 Å². The maximum absolute atomic E-state index is 12.7. The number of halogens is 4. The monoisotopic (exact) mass is 301 g/mol. The largest absolute Gasteiger partial charge is 0.416 e. The van der Waals surface area contributed by atoms with Crippen molar-refractivity contribution in [3.05, 3.63) is 46.6 Å².